The van der Waals surface area contributed by atoms with Gasteiger partial charge >= 0.3 is 0 Å². The molecule has 2 rings (SSSR count). The summed E-state index contributed by atoms with van der Waals surface area (Å²) in [5.74, 6) is 0.863. The number of nitrogens with zero attached hydrogens (tertiary/aromatic N) is 4. The van der Waals surface area contributed by atoms with Gasteiger partial charge in [-0.15, -0.1) is 16.8 Å². The van der Waals surface area contributed by atoms with Crippen molar-refractivity contribution >= 4 is 40.0 Å². The molecule has 7 nitrogen and oxygen atoms in total. The summed E-state index contributed by atoms with van der Waals surface area (Å²) in [5, 5.41) is 19.2. The zero-order chi connectivity index (χ0) is 17.7. The molecule has 0 bridgehead atoms. The number of thioether (sulfide) groups is 1. The van der Waals surface area contributed by atoms with Gasteiger partial charge in [-0.1, -0.05) is 49.9 Å². The lowest BCUT2D eigenvalue weighted by Gasteiger charge is -2.13. The van der Waals surface area contributed by atoms with E-state index in [4.69, 9.17) is 0 Å². The van der Waals surface area contributed by atoms with Gasteiger partial charge in [0.15, 0.2) is 4.34 Å². The van der Waals surface area contributed by atoms with Crippen molar-refractivity contribution in [3.05, 3.63) is 24.4 Å². The van der Waals surface area contributed by atoms with Crippen LogP contribution in [0.3, 0.4) is 0 Å². The van der Waals surface area contributed by atoms with E-state index in [1.54, 1.807) is 10.8 Å². The Morgan fingerprint density at radius 2 is 2.21 bits per heavy atom. The maximum absolute atomic E-state index is 12.1. The van der Waals surface area contributed by atoms with Gasteiger partial charge in [-0.2, -0.15) is 5.10 Å². The van der Waals surface area contributed by atoms with E-state index < -0.39 is 0 Å². The molecule has 0 aliphatic carbocycles. The summed E-state index contributed by atoms with van der Waals surface area (Å²) in [5.41, 5.74) is 0.881. The van der Waals surface area contributed by atoms with Crippen LogP contribution in [0.4, 0.5) is 10.9 Å². The highest BCUT2D eigenvalue weighted by molar-refractivity contribution is 8.01. The van der Waals surface area contributed by atoms with E-state index in [-0.39, 0.29) is 17.1 Å². The lowest BCUT2D eigenvalue weighted by atomic mass is 9.92. The van der Waals surface area contributed by atoms with Gasteiger partial charge in [0, 0.05) is 25.1 Å². The lowest BCUT2D eigenvalue weighted by Crippen LogP contribution is -2.16. The van der Waals surface area contributed by atoms with Gasteiger partial charge in [0.25, 0.3) is 0 Å². The standard InChI is InChI=1S/C15H22N6OS2/c1-6-7-16-13-18-19-14(24-13)23-9-12(22)17-11-8-10(15(2,3)4)20-21(11)5/h6,8H,1,7,9H2,2-5H3,(H,16,18)(H,17,22). The SMILES string of the molecule is C=CCNc1nnc(SCC(=O)Nc2cc(C(C)(C)C)nn2C)s1. The molecule has 0 radical (unpaired) electrons. The Hall–Kier alpha value is -1.87. The number of carbonyl (C=O) groups is 1. The summed E-state index contributed by atoms with van der Waals surface area (Å²) >= 11 is 2.77. The zero-order valence-electron chi connectivity index (χ0n) is 14.3. The smallest absolute Gasteiger partial charge is 0.235 e. The Balaban J connectivity index is 1.88. The second kappa shape index (κ2) is 7.80. The minimum Gasteiger partial charge on any atom is -0.357 e. The topological polar surface area (TPSA) is 84.7 Å². The number of rotatable bonds is 7. The summed E-state index contributed by atoms with van der Waals surface area (Å²) in [6, 6.07) is 1.91. The van der Waals surface area contributed by atoms with Crippen molar-refractivity contribution in [3.63, 3.8) is 0 Å². The molecule has 0 saturated heterocycles. The van der Waals surface area contributed by atoms with Crippen molar-refractivity contribution in [3.8, 4) is 0 Å². The molecule has 0 fully saturated rings. The second-order valence-electron chi connectivity index (χ2n) is 6.17. The first-order chi connectivity index (χ1) is 11.3. The predicted molar refractivity (Wildman–Crippen MR) is 99.9 cm³/mol. The summed E-state index contributed by atoms with van der Waals surface area (Å²) in [7, 11) is 1.82. The van der Waals surface area contributed by atoms with Crippen molar-refractivity contribution in [2.24, 2.45) is 7.05 Å². The van der Waals surface area contributed by atoms with Crippen molar-refractivity contribution in [1.29, 1.82) is 0 Å². The number of aromatic nitrogens is 4. The summed E-state index contributed by atoms with van der Waals surface area (Å²) in [6.45, 7) is 10.5. The Labute approximate surface area is 149 Å². The molecule has 0 saturated carbocycles. The van der Waals surface area contributed by atoms with Crippen LogP contribution in [0.15, 0.2) is 23.1 Å². The normalized spacial score (nSPS) is 11.3. The third-order valence-electron chi connectivity index (χ3n) is 3.05. The number of nitrogens with one attached hydrogen (secondary N) is 2. The fraction of sp³-hybridized carbons (Fsp3) is 0.467. The second-order valence-corrected chi connectivity index (χ2v) is 8.37. The number of amides is 1. The third-order valence-corrected chi connectivity index (χ3v) is 5.06. The van der Waals surface area contributed by atoms with E-state index in [2.05, 4.69) is 53.3 Å². The number of aryl methyl sites for hydroxylation is 1. The largest absolute Gasteiger partial charge is 0.357 e. The van der Waals surface area contributed by atoms with Crippen molar-refractivity contribution in [1.82, 2.24) is 20.0 Å². The van der Waals surface area contributed by atoms with Crippen LogP contribution < -0.4 is 10.6 Å². The number of anilines is 2. The molecule has 0 aliphatic heterocycles. The van der Waals surface area contributed by atoms with E-state index in [1.165, 1.54) is 23.1 Å². The molecule has 2 heterocycles. The van der Waals surface area contributed by atoms with Gasteiger partial charge in [-0.3, -0.25) is 9.48 Å². The monoisotopic (exact) mass is 366 g/mol. The Bertz CT molecular complexity index is 716. The van der Waals surface area contributed by atoms with Gasteiger partial charge in [0.2, 0.25) is 11.0 Å². The maximum Gasteiger partial charge on any atom is 0.235 e. The van der Waals surface area contributed by atoms with E-state index in [0.29, 0.717) is 12.4 Å². The van der Waals surface area contributed by atoms with Crippen molar-refractivity contribution in [2.45, 2.75) is 30.5 Å². The van der Waals surface area contributed by atoms with Crippen LogP contribution >= 0.6 is 23.1 Å². The lowest BCUT2D eigenvalue weighted by molar-refractivity contribution is -0.113. The van der Waals surface area contributed by atoms with Gasteiger partial charge in [-0.25, -0.2) is 0 Å². The Morgan fingerprint density at radius 1 is 1.46 bits per heavy atom. The van der Waals surface area contributed by atoms with E-state index in [0.717, 1.165) is 15.2 Å². The highest BCUT2D eigenvalue weighted by atomic mass is 32.2. The van der Waals surface area contributed by atoms with Crippen molar-refractivity contribution in [2.75, 3.05) is 22.9 Å². The zero-order valence-corrected chi connectivity index (χ0v) is 15.9. The number of hydrogen-bond acceptors (Lipinski definition) is 7. The number of hydrogen-bond donors (Lipinski definition) is 2. The molecule has 0 atom stereocenters. The van der Waals surface area contributed by atoms with Gasteiger partial charge < -0.3 is 10.6 Å². The molecule has 1 amide bonds. The minimum atomic E-state index is -0.0979. The van der Waals surface area contributed by atoms with Gasteiger partial charge in [0.05, 0.1) is 11.4 Å². The molecular formula is C15H22N6OS2. The highest BCUT2D eigenvalue weighted by Gasteiger charge is 2.19. The minimum absolute atomic E-state index is 0.0586. The average Bonchev–Trinajstić information content (AvgIpc) is 3.10. The Morgan fingerprint density at radius 3 is 2.83 bits per heavy atom. The summed E-state index contributed by atoms with van der Waals surface area (Å²) in [4.78, 5) is 12.1. The molecule has 2 N–H and O–H groups in total. The predicted octanol–water partition coefficient (Wildman–Crippen LogP) is 2.90. The molecule has 0 aromatic carbocycles. The first-order valence-corrected chi connectivity index (χ1v) is 9.25. The summed E-state index contributed by atoms with van der Waals surface area (Å²) in [6.07, 6.45) is 1.75. The van der Waals surface area contributed by atoms with Crippen LogP contribution in [0.5, 0.6) is 0 Å². The maximum atomic E-state index is 12.1. The third kappa shape index (κ3) is 5.07. The molecule has 2 aromatic rings. The first-order valence-electron chi connectivity index (χ1n) is 7.45. The summed E-state index contributed by atoms with van der Waals surface area (Å²) < 4.78 is 2.43. The van der Waals surface area contributed by atoms with Crippen LogP contribution in [-0.4, -0.2) is 38.2 Å². The quantitative estimate of drug-likeness (QED) is 0.579. The molecular weight excluding hydrogens is 344 g/mol. The van der Waals surface area contributed by atoms with Gasteiger partial charge in [0.1, 0.15) is 5.82 Å². The van der Waals surface area contributed by atoms with Crippen LogP contribution in [0.1, 0.15) is 26.5 Å². The molecule has 0 aliphatic rings. The highest BCUT2D eigenvalue weighted by Crippen LogP contribution is 2.26. The van der Waals surface area contributed by atoms with Crippen molar-refractivity contribution < 1.29 is 4.79 Å². The van der Waals surface area contributed by atoms with Gasteiger partial charge in [-0.05, 0) is 0 Å². The number of carbonyl (C=O) groups excluding carboxylic acids is 1. The van der Waals surface area contributed by atoms with Crippen LogP contribution in [0.2, 0.25) is 0 Å². The van der Waals surface area contributed by atoms with Crippen LogP contribution in [0.25, 0.3) is 0 Å². The molecule has 0 unspecified atom stereocenters. The first kappa shape index (κ1) is 18.5. The average molecular weight is 367 g/mol. The fourth-order valence-corrected chi connectivity index (χ4v) is 3.31. The molecule has 130 valence electrons. The molecule has 2 aromatic heterocycles. The van der Waals surface area contributed by atoms with E-state index in [1.807, 2.05) is 13.1 Å². The Kier molecular flexibility index (Phi) is 6.00. The van der Waals surface area contributed by atoms with E-state index in [9.17, 15) is 4.79 Å². The van der Waals surface area contributed by atoms with Crippen LogP contribution in [0, 0.1) is 0 Å². The molecule has 0 spiro atoms. The van der Waals surface area contributed by atoms with E-state index >= 15 is 0 Å². The van der Waals surface area contributed by atoms with Crippen LogP contribution in [-0.2, 0) is 17.3 Å². The fourth-order valence-electron chi connectivity index (χ4n) is 1.76. The molecule has 24 heavy (non-hydrogen) atoms. The molecule has 9 heteroatoms.